The fourth-order valence-corrected chi connectivity index (χ4v) is 4.83. The standard InChI is InChI=1S/C29H24N2O/c1-29(2)22-12-6-7-14-26(22)32-27-16-15-20(17-23(27)29)25-18-30-28-21(11-8-13-24(28)31-25)19-9-4-3-5-10-19/h3-18,25,31H,1-2H3. The van der Waals surface area contributed by atoms with Crippen LogP contribution in [-0.2, 0) is 5.41 Å². The number of benzene rings is 4. The van der Waals surface area contributed by atoms with Crippen molar-refractivity contribution in [1.29, 1.82) is 0 Å². The smallest absolute Gasteiger partial charge is 0.131 e. The predicted octanol–water partition coefficient (Wildman–Crippen LogP) is 7.65. The first-order chi connectivity index (χ1) is 15.6. The van der Waals surface area contributed by atoms with E-state index in [2.05, 4.69) is 92.0 Å². The molecule has 0 saturated heterocycles. The molecule has 2 aliphatic rings. The van der Waals surface area contributed by atoms with Gasteiger partial charge in [-0.25, -0.2) is 0 Å². The van der Waals surface area contributed by atoms with E-state index in [-0.39, 0.29) is 11.5 Å². The van der Waals surface area contributed by atoms with Crippen LogP contribution < -0.4 is 10.1 Å². The predicted molar refractivity (Wildman–Crippen MR) is 131 cm³/mol. The number of hydrogen-bond donors (Lipinski definition) is 1. The first-order valence-corrected chi connectivity index (χ1v) is 11.0. The number of anilines is 1. The fourth-order valence-electron chi connectivity index (χ4n) is 4.83. The average Bonchev–Trinajstić information content (AvgIpc) is 2.84. The van der Waals surface area contributed by atoms with E-state index in [0.717, 1.165) is 28.4 Å². The second-order valence-corrected chi connectivity index (χ2v) is 8.95. The summed E-state index contributed by atoms with van der Waals surface area (Å²) in [7, 11) is 0. The molecule has 4 aromatic rings. The fraction of sp³-hybridized carbons (Fsp3) is 0.138. The lowest BCUT2D eigenvalue weighted by molar-refractivity contribution is 0.417. The van der Waals surface area contributed by atoms with Gasteiger partial charge in [-0.05, 0) is 35.4 Å². The molecular formula is C29H24N2O. The third-order valence-electron chi connectivity index (χ3n) is 6.60. The minimum absolute atomic E-state index is 0.00629. The number of rotatable bonds is 2. The van der Waals surface area contributed by atoms with Gasteiger partial charge in [0.15, 0.2) is 0 Å². The van der Waals surface area contributed by atoms with Gasteiger partial charge in [-0.15, -0.1) is 0 Å². The summed E-state index contributed by atoms with van der Waals surface area (Å²) >= 11 is 0. The molecule has 0 fully saturated rings. The molecule has 1 atom stereocenters. The van der Waals surface area contributed by atoms with Crippen LogP contribution >= 0.6 is 0 Å². The van der Waals surface area contributed by atoms with Crippen molar-refractivity contribution in [2.45, 2.75) is 25.3 Å². The summed E-state index contributed by atoms with van der Waals surface area (Å²) < 4.78 is 6.22. The number of nitrogens with zero attached hydrogens (tertiary/aromatic N) is 1. The maximum atomic E-state index is 6.22. The Balaban J connectivity index is 1.37. The van der Waals surface area contributed by atoms with Crippen molar-refractivity contribution in [3.8, 4) is 22.6 Å². The van der Waals surface area contributed by atoms with Gasteiger partial charge in [0, 0.05) is 28.3 Å². The van der Waals surface area contributed by atoms with E-state index in [0.29, 0.717) is 0 Å². The molecule has 0 aromatic heterocycles. The largest absolute Gasteiger partial charge is 0.457 e. The van der Waals surface area contributed by atoms with E-state index in [1.165, 1.54) is 22.3 Å². The normalized spacial score (nSPS) is 17.4. The van der Waals surface area contributed by atoms with Gasteiger partial charge >= 0.3 is 0 Å². The zero-order valence-electron chi connectivity index (χ0n) is 18.2. The lowest BCUT2D eigenvalue weighted by Crippen LogP contribution is -2.25. The van der Waals surface area contributed by atoms with Crippen LogP contribution in [0.1, 0.15) is 36.6 Å². The van der Waals surface area contributed by atoms with Crippen LogP contribution in [0.4, 0.5) is 11.4 Å². The maximum Gasteiger partial charge on any atom is 0.131 e. The Kier molecular flexibility index (Phi) is 4.19. The van der Waals surface area contributed by atoms with Gasteiger partial charge < -0.3 is 10.1 Å². The van der Waals surface area contributed by atoms with Crippen molar-refractivity contribution in [1.82, 2.24) is 0 Å². The van der Waals surface area contributed by atoms with Crippen molar-refractivity contribution < 1.29 is 4.74 Å². The molecule has 2 aliphatic heterocycles. The van der Waals surface area contributed by atoms with Crippen molar-refractivity contribution in [2.24, 2.45) is 4.99 Å². The van der Waals surface area contributed by atoms with Crippen LogP contribution in [0.3, 0.4) is 0 Å². The van der Waals surface area contributed by atoms with E-state index in [9.17, 15) is 0 Å². The molecular weight excluding hydrogens is 392 g/mol. The third-order valence-corrected chi connectivity index (χ3v) is 6.60. The third kappa shape index (κ3) is 2.93. The molecule has 3 nitrogen and oxygen atoms in total. The SMILES string of the molecule is CC1(C)c2ccccc2Oc2ccc(C3C=Nc4c(cccc4-c4ccccc4)N3)cc21. The van der Waals surface area contributed by atoms with Gasteiger partial charge in [0.25, 0.3) is 0 Å². The number of fused-ring (bicyclic) bond motifs is 3. The highest BCUT2D eigenvalue weighted by atomic mass is 16.5. The highest BCUT2D eigenvalue weighted by Crippen LogP contribution is 2.48. The maximum absolute atomic E-state index is 6.22. The molecule has 32 heavy (non-hydrogen) atoms. The Labute approximate surface area is 188 Å². The summed E-state index contributed by atoms with van der Waals surface area (Å²) in [5, 5.41) is 3.69. The molecule has 2 heterocycles. The second kappa shape index (κ2) is 7.10. The monoisotopic (exact) mass is 416 g/mol. The minimum Gasteiger partial charge on any atom is -0.457 e. The van der Waals surface area contributed by atoms with Gasteiger partial charge in [0.05, 0.1) is 17.4 Å². The first kappa shape index (κ1) is 18.9. The van der Waals surface area contributed by atoms with Crippen LogP contribution in [0.2, 0.25) is 0 Å². The second-order valence-electron chi connectivity index (χ2n) is 8.95. The van der Waals surface area contributed by atoms with E-state index in [4.69, 9.17) is 9.73 Å². The van der Waals surface area contributed by atoms with E-state index in [1.807, 2.05) is 24.4 Å². The Bertz CT molecular complexity index is 1350. The quantitative estimate of drug-likeness (QED) is 0.364. The van der Waals surface area contributed by atoms with Gasteiger partial charge in [0.2, 0.25) is 0 Å². The molecule has 0 saturated carbocycles. The van der Waals surface area contributed by atoms with Crippen LogP contribution in [-0.4, -0.2) is 6.21 Å². The lowest BCUT2D eigenvalue weighted by Gasteiger charge is -2.35. The van der Waals surface area contributed by atoms with Gasteiger partial charge in [0.1, 0.15) is 11.5 Å². The summed E-state index contributed by atoms with van der Waals surface area (Å²) in [5.74, 6) is 1.87. The summed E-state index contributed by atoms with van der Waals surface area (Å²) in [6.07, 6.45) is 2.02. The van der Waals surface area contributed by atoms with Crippen molar-refractivity contribution >= 4 is 17.6 Å². The van der Waals surface area contributed by atoms with Crippen LogP contribution in [0.5, 0.6) is 11.5 Å². The number of para-hydroxylation sites is 2. The lowest BCUT2D eigenvalue weighted by atomic mass is 9.75. The van der Waals surface area contributed by atoms with E-state index < -0.39 is 0 Å². The zero-order valence-corrected chi connectivity index (χ0v) is 18.2. The molecule has 0 amide bonds. The molecule has 0 radical (unpaired) electrons. The molecule has 1 N–H and O–H groups in total. The molecule has 1 unspecified atom stereocenters. The summed E-state index contributed by atoms with van der Waals surface area (Å²) in [6.45, 7) is 4.53. The van der Waals surface area contributed by atoms with Gasteiger partial charge in [-0.3, -0.25) is 4.99 Å². The minimum atomic E-state index is -0.135. The molecule has 0 bridgehead atoms. The van der Waals surface area contributed by atoms with Crippen molar-refractivity contribution in [3.05, 3.63) is 108 Å². The van der Waals surface area contributed by atoms with Crippen LogP contribution in [0.15, 0.2) is 96.0 Å². The first-order valence-electron chi connectivity index (χ1n) is 11.0. The Morgan fingerprint density at radius 1 is 0.781 bits per heavy atom. The van der Waals surface area contributed by atoms with Crippen molar-refractivity contribution in [2.75, 3.05) is 5.32 Å². The highest BCUT2D eigenvalue weighted by molar-refractivity contribution is 5.92. The summed E-state index contributed by atoms with van der Waals surface area (Å²) in [4.78, 5) is 4.89. The summed E-state index contributed by atoms with van der Waals surface area (Å²) in [6, 6.07) is 31.5. The number of nitrogens with one attached hydrogen (secondary N) is 1. The van der Waals surface area contributed by atoms with E-state index >= 15 is 0 Å². The average molecular weight is 417 g/mol. The van der Waals surface area contributed by atoms with Crippen LogP contribution in [0, 0.1) is 0 Å². The molecule has 4 aromatic carbocycles. The van der Waals surface area contributed by atoms with E-state index in [1.54, 1.807) is 0 Å². The molecule has 0 aliphatic carbocycles. The Morgan fingerprint density at radius 3 is 2.44 bits per heavy atom. The molecule has 0 spiro atoms. The topological polar surface area (TPSA) is 33.6 Å². The van der Waals surface area contributed by atoms with Gasteiger partial charge in [-0.2, -0.15) is 0 Å². The van der Waals surface area contributed by atoms with Gasteiger partial charge in [-0.1, -0.05) is 80.6 Å². The van der Waals surface area contributed by atoms with Crippen molar-refractivity contribution in [3.63, 3.8) is 0 Å². The molecule has 3 heteroatoms. The number of hydrogen-bond acceptors (Lipinski definition) is 3. The van der Waals surface area contributed by atoms with Crippen LogP contribution in [0.25, 0.3) is 11.1 Å². The Hall–Kier alpha value is -3.85. The molecule has 156 valence electrons. The highest BCUT2D eigenvalue weighted by Gasteiger charge is 2.34. The summed E-state index contributed by atoms with van der Waals surface area (Å²) in [5.41, 5.74) is 7.82. The Morgan fingerprint density at radius 2 is 1.56 bits per heavy atom. The number of aliphatic imine (C=N–C) groups is 1. The molecule has 6 rings (SSSR count). The number of ether oxygens (including phenoxy) is 1. The zero-order chi connectivity index (χ0) is 21.7.